The van der Waals surface area contributed by atoms with Crippen molar-refractivity contribution < 1.29 is 9.47 Å². The normalized spacial score (nSPS) is 15.5. The van der Waals surface area contributed by atoms with E-state index in [2.05, 4.69) is 27.0 Å². The van der Waals surface area contributed by atoms with Gasteiger partial charge in [-0.05, 0) is 23.8 Å². The van der Waals surface area contributed by atoms with Gasteiger partial charge in [0, 0.05) is 43.0 Å². The quantitative estimate of drug-likeness (QED) is 0.747. The zero-order valence-corrected chi connectivity index (χ0v) is 14.1. The fourth-order valence-corrected chi connectivity index (χ4v) is 3.06. The van der Waals surface area contributed by atoms with E-state index in [-0.39, 0.29) is 0 Å². The third-order valence-electron chi connectivity index (χ3n) is 4.51. The average molecular weight is 338 g/mol. The number of nitrogen functional groups attached to an aromatic ring is 1. The van der Waals surface area contributed by atoms with Crippen LogP contribution in [0.5, 0.6) is 5.75 Å². The second kappa shape index (κ2) is 7.13. The molecule has 0 atom stereocenters. The maximum Gasteiger partial charge on any atom is 0.139 e. The summed E-state index contributed by atoms with van der Waals surface area (Å²) in [6, 6.07) is 10.1. The van der Waals surface area contributed by atoms with Gasteiger partial charge in [-0.3, -0.25) is 4.90 Å². The highest BCUT2D eigenvalue weighted by atomic mass is 16.5. The highest BCUT2D eigenvalue weighted by Gasteiger charge is 2.10. The second-order valence-electron chi connectivity index (χ2n) is 6.19. The molecule has 0 saturated carbocycles. The molecule has 4 rings (SSSR count). The first-order valence-electron chi connectivity index (χ1n) is 8.55. The second-order valence-corrected chi connectivity index (χ2v) is 6.19. The third-order valence-corrected chi connectivity index (χ3v) is 4.51. The van der Waals surface area contributed by atoms with Crippen LogP contribution >= 0.6 is 0 Å². The van der Waals surface area contributed by atoms with Gasteiger partial charge in [0.05, 0.1) is 18.9 Å². The Bertz CT molecular complexity index is 856. The number of nitrogens with one attached hydrogen (secondary N) is 1. The van der Waals surface area contributed by atoms with Crippen LogP contribution in [0.1, 0.15) is 0 Å². The van der Waals surface area contributed by atoms with E-state index in [0.717, 1.165) is 60.8 Å². The Morgan fingerprint density at radius 2 is 2.08 bits per heavy atom. The number of ether oxygens (including phenoxy) is 2. The molecule has 3 heterocycles. The van der Waals surface area contributed by atoms with Gasteiger partial charge in [-0.15, -0.1) is 0 Å². The first-order chi connectivity index (χ1) is 12.3. The van der Waals surface area contributed by atoms with Crippen LogP contribution < -0.4 is 10.5 Å². The Morgan fingerprint density at radius 1 is 1.20 bits per heavy atom. The minimum atomic E-state index is 0.672. The van der Waals surface area contributed by atoms with E-state index in [1.54, 1.807) is 6.20 Å². The van der Waals surface area contributed by atoms with Gasteiger partial charge in [-0.25, -0.2) is 4.98 Å². The van der Waals surface area contributed by atoms with Gasteiger partial charge in [0.1, 0.15) is 18.0 Å². The van der Waals surface area contributed by atoms with Crippen molar-refractivity contribution in [3.63, 3.8) is 0 Å². The molecule has 6 heteroatoms. The molecule has 3 N–H and O–H groups in total. The number of rotatable bonds is 5. The van der Waals surface area contributed by atoms with E-state index in [0.29, 0.717) is 12.3 Å². The number of hydrogen-bond donors (Lipinski definition) is 2. The molecule has 1 saturated heterocycles. The summed E-state index contributed by atoms with van der Waals surface area (Å²) in [7, 11) is 0. The number of hydrogen-bond acceptors (Lipinski definition) is 5. The minimum absolute atomic E-state index is 0.672. The van der Waals surface area contributed by atoms with Crippen LogP contribution in [0.3, 0.4) is 0 Å². The molecule has 0 spiro atoms. The molecule has 1 fully saturated rings. The van der Waals surface area contributed by atoms with Crippen LogP contribution in [0.4, 0.5) is 5.69 Å². The molecular weight excluding hydrogens is 316 g/mol. The fourth-order valence-electron chi connectivity index (χ4n) is 3.06. The number of aromatic amines is 1. The Kier molecular flexibility index (Phi) is 4.54. The van der Waals surface area contributed by atoms with Crippen LogP contribution in [0.2, 0.25) is 0 Å². The fraction of sp³-hybridized carbons (Fsp3) is 0.316. The van der Waals surface area contributed by atoms with Crippen molar-refractivity contribution in [2.45, 2.75) is 0 Å². The molecular formula is C19H22N4O2. The molecule has 0 aliphatic carbocycles. The number of nitrogens with zero attached hydrogens (tertiary/aromatic N) is 2. The van der Waals surface area contributed by atoms with Gasteiger partial charge >= 0.3 is 0 Å². The van der Waals surface area contributed by atoms with Crippen molar-refractivity contribution in [3.8, 4) is 16.9 Å². The first kappa shape index (κ1) is 15.9. The summed E-state index contributed by atoms with van der Waals surface area (Å²) in [5.74, 6) is 0.868. The number of morpholine rings is 1. The lowest BCUT2D eigenvalue weighted by Crippen LogP contribution is -2.38. The number of anilines is 1. The van der Waals surface area contributed by atoms with E-state index in [1.165, 1.54) is 0 Å². The largest absolute Gasteiger partial charge is 0.492 e. The van der Waals surface area contributed by atoms with Crippen LogP contribution in [0.25, 0.3) is 22.2 Å². The van der Waals surface area contributed by atoms with Crippen LogP contribution in [-0.4, -0.2) is 54.3 Å². The molecule has 1 aliphatic heterocycles. The lowest BCUT2D eigenvalue weighted by molar-refractivity contribution is 0.0322. The van der Waals surface area contributed by atoms with E-state index in [1.807, 2.05) is 24.4 Å². The topological polar surface area (TPSA) is 76.4 Å². The van der Waals surface area contributed by atoms with Gasteiger partial charge in [0.2, 0.25) is 0 Å². The average Bonchev–Trinajstić information content (AvgIpc) is 3.03. The van der Waals surface area contributed by atoms with Crippen molar-refractivity contribution in [3.05, 3.63) is 42.7 Å². The van der Waals surface area contributed by atoms with Gasteiger partial charge < -0.3 is 20.2 Å². The summed E-state index contributed by atoms with van der Waals surface area (Å²) in [6.07, 6.45) is 3.62. The Labute approximate surface area is 146 Å². The molecule has 6 nitrogen and oxygen atoms in total. The Balaban J connectivity index is 1.45. The minimum Gasteiger partial charge on any atom is -0.492 e. The van der Waals surface area contributed by atoms with Crippen molar-refractivity contribution in [2.75, 3.05) is 45.2 Å². The summed E-state index contributed by atoms with van der Waals surface area (Å²) >= 11 is 0. The standard InChI is InChI=1S/C19H22N4O2/c20-18-13-22-19-17(18)11-15(12-21-19)14-2-1-3-16(10-14)25-9-6-23-4-7-24-8-5-23/h1-3,10-13H,4-9,20H2,(H,21,22). The van der Waals surface area contributed by atoms with E-state index >= 15 is 0 Å². The van der Waals surface area contributed by atoms with E-state index < -0.39 is 0 Å². The molecule has 0 radical (unpaired) electrons. The van der Waals surface area contributed by atoms with Crippen molar-refractivity contribution in [1.82, 2.24) is 14.9 Å². The third kappa shape index (κ3) is 3.60. The lowest BCUT2D eigenvalue weighted by atomic mass is 10.1. The van der Waals surface area contributed by atoms with Gasteiger partial charge in [0.15, 0.2) is 0 Å². The Morgan fingerprint density at radius 3 is 2.96 bits per heavy atom. The summed E-state index contributed by atoms with van der Waals surface area (Å²) in [5, 5.41) is 0.941. The molecule has 0 unspecified atom stereocenters. The van der Waals surface area contributed by atoms with Crippen LogP contribution in [0.15, 0.2) is 42.7 Å². The number of aromatic nitrogens is 2. The molecule has 3 aromatic rings. The lowest BCUT2D eigenvalue weighted by Gasteiger charge is -2.26. The highest BCUT2D eigenvalue weighted by molar-refractivity contribution is 5.91. The number of nitrogens with two attached hydrogens (primary N) is 1. The summed E-state index contributed by atoms with van der Waals surface area (Å²) in [6.45, 7) is 5.17. The summed E-state index contributed by atoms with van der Waals surface area (Å²) in [4.78, 5) is 9.86. The van der Waals surface area contributed by atoms with E-state index in [9.17, 15) is 0 Å². The number of benzene rings is 1. The Hall–Kier alpha value is -2.57. The van der Waals surface area contributed by atoms with E-state index in [4.69, 9.17) is 15.2 Å². The molecule has 0 amide bonds. The number of fused-ring (bicyclic) bond motifs is 1. The van der Waals surface area contributed by atoms with Crippen molar-refractivity contribution in [2.24, 2.45) is 0 Å². The zero-order chi connectivity index (χ0) is 17.1. The molecule has 130 valence electrons. The molecule has 1 aromatic carbocycles. The maximum absolute atomic E-state index is 5.98. The molecule has 25 heavy (non-hydrogen) atoms. The number of pyridine rings is 1. The SMILES string of the molecule is Nc1c[nH]c2ncc(-c3cccc(OCCN4CCOCC4)c3)cc12. The van der Waals surface area contributed by atoms with Crippen LogP contribution in [-0.2, 0) is 4.74 Å². The highest BCUT2D eigenvalue weighted by Crippen LogP contribution is 2.28. The monoisotopic (exact) mass is 338 g/mol. The molecule has 1 aliphatic rings. The van der Waals surface area contributed by atoms with Gasteiger partial charge in [-0.1, -0.05) is 12.1 Å². The van der Waals surface area contributed by atoms with Gasteiger partial charge in [0.25, 0.3) is 0 Å². The maximum atomic E-state index is 5.98. The molecule has 0 bridgehead atoms. The van der Waals surface area contributed by atoms with Crippen LogP contribution in [0, 0.1) is 0 Å². The smallest absolute Gasteiger partial charge is 0.139 e. The predicted octanol–water partition coefficient (Wildman–Crippen LogP) is 2.52. The summed E-state index contributed by atoms with van der Waals surface area (Å²) in [5.41, 5.74) is 9.59. The zero-order valence-electron chi connectivity index (χ0n) is 14.1. The first-order valence-corrected chi connectivity index (χ1v) is 8.55. The van der Waals surface area contributed by atoms with Crippen molar-refractivity contribution in [1.29, 1.82) is 0 Å². The van der Waals surface area contributed by atoms with Gasteiger partial charge in [-0.2, -0.15) is 0 Å². The summed E-state index contributed by atoms with van der Waals surface area (Å²) < 4.78 is 11.3. The predicted molar refractivity (Wildman–Crippen MR) is 98.7 cm³/mol. The number of H-pyrrole nitrogens is 1. The van der Waals surface area contributed by atoms with Crippen molar-refractivity contribution >= 4 is 16.7 Å². The molecule has 2 aromatic heterocycles.